The molecule has 0 unspecified atom stereocenters. The lowest BCUT2D eigenvalue weighted by molar-refractivity contribution is -0.140. The van der Waals surface area contributed by atoms with Crippen LogP contribution in [0.3, 0.4) is 0 Å². The van der Waals surface area contributed by atoms with Gasteiger partial charge in [-0.05, 0) is 44.2 Å². The second-order valence-electron chi connectivity index (χ2n) is 11.6. The molecule has 3 heterocycles. The number of para-hydroxylation sites is 1. The zero-order valence-corrected chi connectivity index (χ0v) is 26.1. The summed E-state index contributed by atoms with van der Waals surface area (Å²) in [6, 6.07) is 9.91. The molecule has 3 fully saturated rings. The quantitative estimate of drug-likeness (QED) is 0.276. The topological polar surface area (TPSA) is 167 Å². The van der Waals surface area contributed by atoms with Crippen LogP contribution in [0.1, 0.15) is 42.6 Å². The van der Waals surface area contributed by atoms with Gasteiger partial charge in [0, 0.05) is 58.5 Å². The van der Waals surface area contributed by atoms with Crippen molar-refractivity contribution < 1.29 is 33.4 Å². The number of aromatic nitrogens is 2. The van der Waals surface area contributed by atoms with Crippen LogP contribution in [0.5, 0.6) is 5.88 Å². The van der Waals surface area contributed by atoms with Gasteiger partial charge in [-0.2, -0.15) is 5.10 Å². The molecule has 1 aliphatic carbocycles. The first-order valence-electron chi connectivity index (χ1n) is 15.8. The first kappa shape index (κ1) is 32.7. The zero-order valence-electron chi connectivity index (χ0n) is 26.1. The number of methoxy groups -OCH3 is 1. The number of hydrogen-bond donors (Lipinski definition) is 3. The molecule has 1 aromatic heterocycles. The van der Waals surface area contributed by atoms with E-state index in [1.165, 1.54) is 10.7 Å². The summed E-state index contributed by atoms with van der Waals surface area (Å²) in [6.45, 7) is 2.17. The first-order valence-corrected chi connectivity index (χ1v) is 15.8. The van der Waals surface area contributed by atoms with Crippen LogP contribution in [0.2, 0.25) is 0 Å². The first-order chi connectivity index (χ1) is 22.3. The Bertz CT molecular complexity index is 1390. The SMILES string of the molecule is COCCNC(=O)N1CCN(C(=O)CNC(=O)c2cc(OCC(=O)N3CCC[C@H]3C(=O)NC3CCC3)n(-c3ccccc3)n2)CC1. The molecule has 1 saturated carbocycles. The van der Waals surface area contributed by atoms with Gasteiger partial charge in [0.1, 0.15) is 6.04 Å². The van der Waals surface area contributed by atoms with Crippen molar-refractivity contribution in [3.8, 4) is 11.6 Å². The molecule has 15 heteroatoms. The molecule has 2 aliphatic heterocycles. The highest BCUT2D eigenvalue weighted by Gasteiger charge is 2.36. The van der Waals surface area contributed by atoms with Crippen LogP contribution in [0.4, 0.5) is 4.79 Å². The molecule has 0 radical (unpaired) electrons. The zero-order chi connectivity index (χ0) is 32.5. The van der Waals surface area contributed by atoms with E-state index in [-0.39, 0.29) is 54.5 Å². The Labute approximate surface area is 267 Å². The van der Waals surface area contributed by atoms with Gasteiger partial charge >= 0.3 is 6.03 Å². The number of ether oxygens (including phenoxy) is 2. The van der Waals surface area contributed by atoms with Gasteiger partial charge in [0.25, 0.3) is 11.8 Å². The van der Waals surface area contributed by atoms with E-state index in [2.05, 4.69) is 21.0 Å². The fraction of sp³-hybridized carbons (Fsp3) is 0.548. The summed E-state index contributed by atoms with van der Waals surface area (Å²) in [5, 5.41) is 12.8. The molecule has 2 saturated heterocycles. The summed E-state index contributed by atoms with van der Waals surface area (Å²) in [7, 11) is 1.56. The maximum absolute atomic E-state index is 13.2. The summed E-state index contributed by atoms with van der Waals surface area (Å²) in [4.78, 5) is 68.9. The summed E-state index contributed by atoms with van der Waals surface area (Å²) in [5.74, 6) is -1.13. The van der Waals surface area contributed by atoms with Crippen LogP contribution >= 0.6 is 0 Å². The van der Waals surface area contributed by atoms with Crippen LogP contribution in [-0.2, 0) is 19.1 Å². The highest BCUT2D eigenvalue weighted by atomic mass is 16.5. The molecule has 2 aromatic rings. The number of benzene rings is 1. The van der Waals surface area contributed by atoms with E-state index in [1.807, 2.05) is 18.2 Å². The van der Waals surface area contributed by atoms with Gasteiger partial charge in [-0.15, -0.1) is 0 Å². The highest BCUT2D eigenvalue weighted by Crippen LogP contribution is 2.23. The Morgan fingerprint density at radius 1 is 0.891 bits per heavy atom. The van der Waals surface area contributed by atoms with Crippen LogP contribution in [0.15, 0.2) is 36.4 Å². The van der Waals surface area contributed by atoms with Crippen LogP contribution < -0.4 is 20.7 Å². The molecule has 46 heavy (non-hydrogen) atoms. The fourth-order valence-corrected chi connectivity index (χ4v) is 5.63. The van der Waals surface area contributed by atoms with Crippen molar-refractivity contribution in [2.24, 2.45) is 0 Å². The van der Waals surface area contributed by atoms with Crippen molar-refractivity contribution >= 4 is 29.7 Å². The normalized spacial score (nSPS) is 18.1. The van der Waals surface area contributed by atoms with Gasteiger partial charge in [0.2, 0.25) is 17.7 Å². The van der Waals surface area contributed by atoms with E-state index in [1.54, 1.807) is 33.9 Å². The molecule has 6 amide bonds. The summed E-state index contributed by atoms with van der Waals surface area (Å²) >= 11 is 0. The van der Waals surface area contributed by atoms with Crippen molar-refractivity contribution in [3.63, 3.8) is 0 Å². The minimum atomic E-state index is -0.581. The van der Waals surface area contributed by atoms with Crippen molar-refractivity contribution in [2.45, 2.75) is 44.2 Å². The van der Waals surface area contributed by atoms with E-state index < -0.39 is 11.9 Å². The Kier molecular flexibility index (Phi) is 11.1. The summed E-state index contributed by atoms with van der Waals surface area (Å²) < 4.78 is 12.3. The fourth-order valence-electron chi connectivity index (χ4n) is 5.63. The van der Waals surface area contributed by atoms with Crippen LogP contribution in [0, 0.1) is 0 Å². The number of nitrogens with zero attached hydrogens (tertiary/aromatic N) is 5. The van der Waals surface area contributed by atoms with Gasteiger partial charge in [-0.3, -0.25) is 19.2 Å². The van der Waals surface area contributed by atoms with Gasteiger partial charge in [-0.25, -0.2) is 9.48 Å². The minimum absolute atomic E-state index is 0.00979. The lowest BCUT2D eigenvalue weighted by Gasteiger charge is -2.34. The Hall–Kier alpha value is -4.66. The Morgan fingerprint density at radius 3 is 2.33 bits per heavy atom. The molecule has 1 atom stereocenters. The third-order valence-corrected chi connectivity index (χ3v) is 8.48. The number of hydrogen-bond acceptors (Lipinski definition) is 8. The van der Waals surface area contributed by atoms with Crippen molar-refractivity contribution in [2.75, 3.05) is 66.1 Å². The third kappa shape index (κ3) is 8.13. The summed E-state index contributed by atoms with van der Waals surface area (Å²) in [6.07, 6.45) is 4.38. The third-order valence-electron chi connectivity index (χ3n) is 8.48. The number of amides is 6. The number of nitrogens with one attached hydrogen (secondary N) is 3. The average Bonchev–Trinajstić information content (AvgIpc) is 3.73. The maximum Gasteiger partial charge on any atom is 0.317 e. The monoisotopic (exact) mass is 638 g/mol. The number of piperazine rings is 1. The van der Waals surface area contributed by atoms with Gasteiger partial charge in [0.05, 0.1) is 18.8 Å². The Morgan fingerprint density at radius 2 is 1.63 bits per heavy atom. The predicted molar refractivity (Wildman–Crippen MR) is 165 cm³/mol. The summed E-state index contributed by atoms with van der Waals surface area (Å²) in [5.41, 5.74) is 0.624. The molecule has 0 bridgehead atoms. The highest BCUT2D eigenvalue weighted by molar-refractivity contribution is 5.95. The average molecular weight is 639 g/mol. The number of carbonyl (C=O) groups excluding carboxylic acids is 5. The number of likely N-dealkylation sites (tertiary alicyclic amines) is 1. The number of carbonyl (C=O) groups is 5. The molecule has 3 N–H and O–H groups in total. The number of rotatable bonds is 12. The van der Waals surface area contributed by atoms with Crippen molar-refractivity contribution in [3.05, 3.63) is 42.1 Å². The molecular weight excluding hydrogens is 596 g/mol. The van der Waals surface area contributed by atoms with E-state index in [0.717, 1.165) is 25.7 Å². The lowest BCUT2D eigenvalue weighted by Crippen LogP contribution is -2.54. The lowest BCUT2D eigenvalue weighted by atomic mass is 9.93. The van der Waals surface area contributed by atoms with E-state index in [9.17, 15) is 24.0 Å². The van der Waals surface area contributed by atoms with Gasteiger partial charge in [-0.1, -0.05) is 18.2 Å². The molecule has 1 aromatic carbocycles. The van der Waals surface area contributed by atoms with Crippen molar-refractivity contribution in [1.29, 1.82) is 0 Å². The minimum Gasteiger partial charge on any atom is -0.467 e. The molecule has 3 aliphatic rings. The molecule has 248 valence electrons. The standard InChI is InChI=1S/C31H42N8O7/c1-45-18-12-32-31(44)37-16-14-36(15-17-37)26(40)20-33-29(42)24-19-28(39(35-24)23-9-3-2-4-10-23)46-21-27(41)38-13-6-11-25(38)30(43)34-22-7-5-8-22/h2-4,9-10,19,22,25H,5-8,11-18,20-21H2,1H3,(H,32,44)(H,33,42)(H,34,43)/t25-/m0/s1. The maximum atomic E-state index is 13.2. The largest absolute Gasteiger partial charge is 0.467 e. The molecule has 5 rings (SSSR count). The second-order valence-corrected chi connectivity index (χ2v) is 11.6. The van der Waals surface area contributed by atoms with Crippen LogP contribution in [0.25, 0.3) is 5.69 Å². The molecule has 15 nitrogen and oxygen atoms in total. The smallest absolute Gasteiger partial charge is 0.317 e. The van der Waals surface area contributed by atoms with Gasteiger partial charge < -0.3 is 40.1 Å². The number of urea groups is 1. The van der Waals surface area contributed by atoms with E-state index >= 15 is 0 Å². The predicted octanol–water partition coefficient (Wildman–Crippen LogP) is 0.141. The van der Waals surface area contributed by atoms with Gasteiger partial charge in [0.15, 0.2) is 12.3 Å². The Balaban J connectivity index is 1.16. The second kappa shape index (κ2) is 15.6. The van der Waals surface area contributed by atoms with E-state index in [4.69, 9.17) is 9.47 Å². The van der Waals surface area contributed by atoms with Crippen molar-refractivity contribution in [1.82, 2.24) is 40.4 Å². The van der Waals surface area contributed by atoms with Crippen LogP contribution in [-0.4, -0.2) is 132 Å². The molecule has 0 spiro atoms. The molecular formula is C31H42N8O7. The van der Waals surface area contributed by atoms with E-state index in [0.29, 0.717) is 58.0 Å².